The van der Waals surface area contributed by atoms with Crippen LogP contribution < -0.4 is 10.0 Å². The van der Waals surface area contributed by atoms with E-state index in [2.05, 4.69) is 10.0 Å². The van der Waals surface area contributed by atoms with E-state index >= 15 is 0 Å². The number of hydrogen-bond donors (Lipinski definition) is 2. The Hall–Kier alpha value is -0.170. The van der Waals surface area contributed by atoms with Crippen LogP contribution in [0.25, 0.3) is 0 Å². The van der Waals surface area contributed by atoms with Crippen LogP contribution in [-0.4, -0.2) is 46.0 Å². The van der Waals surface area contributed by atoms with Gasteiger partial charge in [-0.05, 0) is 20.3 Å². The fourth-order valence-electron chi connectivity index (χ4n) is 1.26. The van der Waals surface area contributed by atoms with Gasteiger partial charge in [-0.1, -0.05) is 13.8 Å². The molecule has 6 heteroatoms. The Morgan fingerprint density at radius 2 is 1.76 bits per heavy atom. The molecule has 2 N–H and O–H groups in total. The molecule has 0 rings (SSSR count). The van der Waals surface area contributed by atoms with Gasteiger partial charge < -0.3 is 10.1 Å². The predicted molar refractivity (Wildman–Crippen MR) is 70.6 cm³/mol. The highest BCUT2D eigenvalue weighted by Crippen LogP contribution is 2.01. The molecule has 0 aromatic rings. The molecule has 0 aliphatic carbocycles. The van der Waals surface area contributed by atoms with Crippen LogP contribution in [0.5, 0.6) is 0 Å². The molecule has 17 heavy (non-hydrogen) atoms. The van der Waals surface area contributed by atoms with Gasteiger partial charge in [-0.3, -0.25) is 0 Å². The molecule has 0 amide bonds. The van der Waals surface area contributed by atoms with Crippen LogP contribution in [0.3, 0.4) is 0 Å². The molecule has 0 fully saturated rings. The summed E-state index contributed by atoms with van der Waals surface area (Å²) in [5.41, 5.74) is 0. The molecular formula is C11H26N2O3S. The number of hydrogen-bond acceptors (Lipinski definition) is 4. The lowest BCUT2D eigenvalue weighted by Crippen LogP contribution is -2.44. The minimum Gasteiger partial charge on any atom is -0.385 e. The molecule has 0 bridgehead atoms. The van der Waals surface area contributed by atoms with E-state index in [1.807, 2.05) is 20.8 Å². The lowest BCUT2D eigenvalue weighted by molar-refractivity contribution is 0.188. The zero-order valence-corrected chi connectivity index (χ0v) is 12.3. The summed E-state index contributed by atoms with van der Waals surface area (Å²) in [5.74, 6) is 0. The van der Waals surface area contributed by atoms with Crippen molar-refractivity contribution in [2.75, 3.05) is 20.3 Å². The third-order valence-electron chi connectivity index (χ3n) is 2.46. The fourth-order valence-corrected chi connectivity index (χ4v) is 2.49. The Morgan fingerprint density at radius 1 is 1.18 bits per heavy atom. The van der Waals surface area contributed by atoms with E-state index in [9.17, 15) is 8.42 Å². The highest BCUT2D eigenvalue weighted by molar-refractivity contribution is 7.90. The van der Waals surface area contributed by atoms with Gasteiger partial charge in [0.25, 0.3) is 0 Å². The molecule has 0 saturated heterocycles. The van der Waals surface area contributed by atoms with Crippen LogP contribution >= 0.6 is 0 Å². The summed E-state index contributed by atoms with van der Waals surface area (Å²) in [6, 6.07) is 0.194. The van der Waals surface area contributed by atoms with Crippen LogP contribution in [0.1, 0.15) is 34.1 Å². The van der Waals surface area contributed by atoms with Crippen molar-refractivity contribution in [1.82, 2.24) is 10.0 Å². The van der Waals surface area contributed by atoms with E-state index in [0.29, 0.717) is 25.6 Å². The zero-order valence-electron chi connectivity index (χ0n) is 11.5. The predicted octanol–water partition coefficient (Wildman–Crippen LogP) is 0.717. The van der Waals surface area contributed by atoms with Crippen molar-refractivity contribution in [3.8, 4) is 0 Å². The van der Waals surface area contributed by atoms with Crippen molar-refractivity contribution >= 4 is 10.0 Å². The molecule has 5 nitrogen and oxygen atoms in total. The summed E-state index contributed by atoms with van der Waals surface area (Å²) in [6.45, 7) is 8.56. The number of sulfonamides is 1. The Kier molecular flexibility index (Phi) is 7.94. The molecule has 0 spiro atoms. The number of nitrogens with one attached hydrogen (secondary N) is 2. The summed E-state index contributed by atoms with van der Waals surface area (Å²) >= 11 is 0. The van der Waals surface area contributed by atoms with E-state index < -0.39 is 15.3 Å². The van der Waals surface area contributed by atoms with Crippen molar-refractivity contribution in [3.05, 3.63) is 0 Å². The summed E-state index contributed by atoms with van der Waals surface area (Å²) in [7, 11) is -1.65. The minimum atomic E-state index is -3.25. The minimum absolute atomic E-state index is 0.0959. The van der Waals surface area contributed by atoms with Crippen molar-refractivity contribution in [2.45, 2.75) is 51.4 Å². The lowest BCUT2D eigenvalue weighted by Gasteiger charge is -2.19. The third kappa shape index (κ3) is 7.70. The number of rotatable bonds is 9. The summed E-state index contributed by atoms with van der Waals surface area (Å²) in [4.78, 5) is 0. The van der Waals surface area contributed by atoms with E-state index in [0.717, 1.165) is 0 Å². The van der Waals surface area contributed by atoms with Gasteiger partial charge >= 0.3 is 0 Å². The standard InChI is InChI=1S/C11H26N2O3S/c1-9(2)12-8-11(4)17(14,15)13-10(3)6-7-16-5/h9-13H,6-8H2,1-5H3. The summed E-state index contributed by atoms with van der Waals surface area (Å²) in [6.07, 6.45) is 0.681. The van der Waals surface area contributed by atoms with E-state index in [4.69, 9.17) is 4.74 Å². The Morgan fingerprint density at radius 3 is 2.24 bits per heavy atom. The van der Waals surface area contributed by atoms with Crippen molar-refractivity contribution in [3.63, 3.8) is 0 Å². The third-order valence-corrected chi connectivity index (χ3v) is 4.42. The van der Waals surface area contributed by atoms with Crippen LogP contribution in [0.4, 0.5) is 0 Å². The second-order valence-corrected chi connectivity index (χ2v) is 6.85. The van der Waals surface area contributed by atoms with Gasteiger partial charge in [0.15, 0.2) is 0 Å². The molecule has 0 aromatic heterocycles. The van der Waals surface area contributed by atoms with Gasteiger partial charge in [-0.15, -0.1) is 0 Å². The maximum atomic E-state index is 11.9. The quantitative estimate of drug-likeness (QED) is 0.645. The fraction of sp³-hybridized carbons (Fsp3) is 1.00. The Labute approximate surface area is 105 Å². The Bertz CT molecular complexity index is 291. The van der Waals surface area contributed by atoms with Crippen LogP contribution in [0, 0.1) is 0 Å². The van der Waals surface area contributed by atoms with Crippen molar-refractivity contribution in [2.24, 2.45) is 0 Å². The second kappa shape index (κ2) is 8.02. The molecule has 104 valence electrons. The molecule has 0 aromatic carbocycles. The van der Waals surface area contributed by atoms with Crippen LogP contribution in [0.2, 0.25) is 0 Å². The van der Waals surface area contributed by atoms with Crippen LogP contribution in [0.15, 0.2) is 0 Å². The van der Waals surface area contributed by atoms with Crippen LogP contribution in [-0.2, 0) is 14.8 Å². The molecule has 0 heterocycles. The van der Waals surface area contributed by atoms with E-state index in [-0.39, 0.29) is 6.04 Å². The molecule has 0 aliphatic heterocycles. The average Bonchev–Trinajstić information content (AvgIpc) is 2.22. The highest BCUT2D eigenvalue weighted by Gasteiger charge is 2.22. The van der Waals surface area contributed by atoms with Gasteiger partial charge in [-0.25, -0.2) is 13.1 Å². The summed E-state index contributed by atoms with van der Waals surface area (Å²) in [5, 5.41) is 2.69. The maximum Gasteiger partial charge on any atom is 0.215 e. The highest BCUT2D eigenvalue weighted by atomic mass is 32.2. The second-order valence-electron chi connectivity index (χ2n) is 4.72. The molecule has 0 aliphatic rings. The molecule has 0 saturated carbocycles. The number of ether oxygens (including phenoxy) is 1. The smallest absolute Gasteiger partial charge is 0.215 e. The average molecular weight is 266 g/mol. The van der Waals surface area contributed by atoms with E-state index in [1.165, 1.54) is 0 Å². The topological polar surface area (TPSA) is 67.4 Å². The van der Waals surface area contributed by atoms with Gasteiger partial charge in [0, 0.05) is 32.3 Å². The first-order chi connectivity index (χ1) is 7.79. The van der Waals surface area contributed by atoms with E-state index in [1.54, 1.807) is 14.0 Å². The largest absolute Gasteiger partial charge is 0.385 e. The normalized spacial score (nSPS) is 16.1. The van der Waals surface area contributed by atoms with Crippen molar-refractivity contribution in [1.29, 1.82) is 0 Å². The molecular weight excluding hydrogens is 240 g/mol. The molecule has 2 atom stereocenters. The monoisotopic (exact) mass is 266 g/mol. The molecule has 0 radical (unpaired) electrons. The summed E-state index contributed by atoms with van der Waals surface area (Å²) < 4.78 is 31.4. The Balaban J connectivity index is 4.17. The SMILES string of the molecule is COCCC(C)NS(=O)(=O)C(C)CNC(C)C. The maximum absolute atomic E-state index is 11.9. The van der Waals surface area contributed by atoms with Gasteiger partial charge in [0.1, 0.15) is 0 Å². The van der Waals surface area contributed by atoms with Crippen molar-refractivity contribution < 1.29 is 13.2 Å². The first kappa shape index (κ1) is 16.8. The van der Waals surface area contributed by atoms with Gasteiger partial charge in [-0.2, -0.15) is 0 Å². The van der Waals surface area contributed by atoms with Gasteiger partial charge in [0.2, 0.25) is 10.0 Å². The number of methoxy groups -OCH3 is 1. The zero-order chi connectivity index (χ0) is 13.5. The lowest BCUT2D eigenvalue weighted by atomic mass is 10.3. The molecule has 2 unspecified atom stereocenters. The first-order valence-electron chi connectivity index (χ1n) is 6.03. The first-order valence-corrected chi connectivity index (χ1v) is 7.57. The van der Waals surface area contributed by atoms with Gasteiger partial charge in [0.05, 0.1) is 5.25 Å².